The van der Waals surface area contributed by atoms with E-state index in [0.29, 0.717) is 12.2 Å². The highest BCUT2D eigenvalue weighted by atomic mass is 16.3. The number of hydrogen-bond acceptors (Lipinski definition) is 4. The molecule has 4 N–H and O–H groups in total. The van der Waals surface area contributed by atoms with Gasteiger partial charge in [-0.15, -0.1) is 0 Å². The van der Waals surface area contributed by atoms with E-state index in [-0.39, 0.29) is 0 Å². The fraction of sp³-hybridized carbons (Fsp3) is 0.471. The molecule has 1 aliphatic carbocycles. The molecule has 1 aliphatic rings. The van der Waals surface area contributed by atoms with Crippen LogP contribution in [0.15, 0.2) is 30.5 Å². The Hall–Kier alpha value is -1.81. The Labute approximate surface area is 125 Å². The van der Waals surface area contributed by atoms with Gasteiger partial charge in [-0.25, -0.2) is 0 Å². The third kappa shape index (κ3) is 3.10. The van der Waals surface area contributed by atoms with E-state index in [1.807, 2.05) is 24.3 Å². The van der Waals surface area contributed by atoms with Crippen molar-refractivity contribution in [3.8, 4) is 0 Å². The molecule has 0 radical (unpaired) electrons. The first-order valence-corrected chi connectivity index (χ1v) is 7.66. The SMILES string of the molecule is CC1CCC(O)(CNc2ccnc3cc(N)ccc23)CC1. The van der Waals surface area contributed by atoms with Gasteiger partial charge >= 0.3 is 0 Å². The van der Waals surface area contributed by atoms with Gasteiger partial charge in [0.1, 0.15) is 0 Å². The van der Waals surface area contributed by atoms with Gasteiger partial charge in [0, 0.05) is 29.5 Å². The van der Waals surface area contributed by atoms with Crippen LogP contribution in [-0.2, 0) is 0 Å². The fourth-order valence-corrected chi connectivity index (χ4v) is 3.06. The molecule has 0 amide bonds. The fourth-order valence-electron chi connectivity index (χ4n) is 3.06. The van der Waals surface area contributed by atoms with Crippen LogP contribution >= 0.6 is 0 Å². The Bertz CT molecular complexity index is 633. The highest BCUT2D eigenvalue weighted by molar-refractivity contribution is 5.92. The van der Waals surface area contributed by atoms with Crippen molar-refractivity contribution in [1.29, 1.82) is 0 Å². The van der Waals surface area contributed by atoms with Gasteiger partial charge in [-0.1, -0.05) is 6.92 Å². The van der Waals surface area contributed by atoms with Crippen LogP contribution in [0, 0.1) is 5.92 Å². The molecule has 21 heavy (non-hydrogen) atoms. The van der Waals surface area contributed by atoms with Crippen molar-refractivity contribution in [2.45, 2.75) is 38.2 Å². The van der Waals surface area contributed by atoms with Crippen LogP contribution < -0.4 is 11.1 Å². The third-order valence-electron chi connectivity index (χ3n) is 4.58. The number of nitrogens with zero attached hydrogens (tertiary/aromatic N) is 1. The van der Waals surface area contributed by atoms with E-state index in [0.717, 1.165) is 48.2 Å². The summed E-state index contributed by atoms with van der Waals surface area (Å²) in [7, 11) is 0. The zero-order valence-electron chi connectivity index (χ0n) is 12.5. The number of nitrogens with two attached hydrogens (primary N) is 1. The molecule has 0 unspecified atom stereocenters. The van der Waals surface area contributed by atoms with Crippen molar-refractivity contribution >= 4 is 22.3 Å². The van der Waals surface area contributed by atoms with Crippen LogP contribution in [0.3, 0.4) is 0 Å². The van der Waals surface area contributed by atoms with Gasteiger partial charge in [-0.3, -0.25) is 4.98 Å². The number of aromatic nitrogens is 1. The Morgan fingerprint density at radius 1 is 1.33 bits per heavy atom. The van der Waals surface area contributed by atoms with Crippen molar-refractivity contribution < 1.29 is 5.11 Å². The second-order valence-electron chi connectivity index (χ2n) is 6.40. The Morgan fingerprint density at radius 3 is 2.86 bits per heavy atom. The summed E-state index contributed by atoms with van der Waals surface area (Å²) in [6.07, 6.45) is 5.73. The maximum atomic E-state index is 10.7. The lowest BCUT2D eigenvalue weighted by Crippen LogP contribution is -2.40. The molecular formula is C17H23N3O. The predicted octanol–water partition coefficient (Wildman–Crippen LogP) is 3.17. The minimum absolute atomic E-state index is 0.587. The molecule has 0 spiro atoms. The molecule has 0 atom stereocenters. The summed E-state index contributed by atoms with van der Waals surface area (Å²) >= 11 is 0. The minimum Gasteiger partial charge on any atom is -0.399 e. The van der Waals surface area contributed by atoms with E-state index in [1.54, 1.807) is 6.20 Å². The zero-order valence-corrected chi connectivity index (χ0v) is 12.5. The Balaban J connectivity index is 1.76. The molecule has 4 nitrogen and oxygen atoms in total. The first-order valence-electron chi connectivity index (χ1n) is 7.66. The summed E-state index contributed by atoms with van der Waals surface area (Å²) in [6, 6.07) is 7.68. The van der Waals surface area contributed by atoms with Crippen molar-refractivity contribution in [3.05, 3.63) is 30.5 Å². The highest BCUT2D eigenvalue weighted by Crippen LogP contribution is 2.32. The molecule has 3 rings (SSSR count). The topological polar surface area (TPSA) is 71.2 Å². The number of pyridine rings is 1. The lowest BCUT2D eigenvalue weighted by molar-refractivity contribution is 0.00503. The van der Waals surface area contributed by atoms with Gasteiger partial charge < -0.3 is 16.2 Å². The van der Waals surface area contributed by atoms with E-state index in [9.17, 15) is 5.11 Å². The number of anilines is 2. The zero-order chi connectivity index (χ0) is 14.9. The van der Waals surface area contributed by atoms with Crippen molar-refractivity contribution in [2.24, 2.45) is 5.92 Å². The van der Waals surface area contributed by atoms with E-state index >= 15 is 0 Å². The maximum absolute atomic E-state index is 10.7. The molecule has 1 heterocycles. The summed E-state index contributed by atoms with van der Waals surface area (Å²) in [5.41, 5.74) is 7.81. The van der Waals surface area contributed by atoms with Crippen molar-refractivity contribution in [3.63, 3.8) is 0 Å². The smallest absolute Gasteiger partial charge is 0.0819 e. The molecule has 1 aromatic heterocycles. The second-order valence-corrected chi connectivity index (χ2v) is 6.40. The number of nitrogen functional groups attached to an aromatic ring is 1. The van der Waals surface area contributed by atoms with Crippen LogP contribution in [-0.4, -0.2) is 22.2 Å². The number of benzene rings is 1. The summed E-state index contributed by atoms with van der Waals surface area (Å²) in [4.78, 5) is 4.34. The normalized spacial score (nSPS) is 25.9. The summed E-state index contributed by atoms with van der Waals surface area (Å²) < 4.78 is 0. The highest BCUT2D eigenvalue weighted by Gasteiger charge is 2.31. The molecule has 0 saturated heterocycles. The minimum atomic E-state index is -0.587. The average molecular weight is 285 g/mol. The number of fused-ring (bicyclic) bond motifs is 1. The lowest BCUT2D eigenvalue weighted by Gasteiger charge is -2.35. The summed E-state index contributed by atoms with van der Waals surface area (Å²) in [5.74, 6) is 0.731. The van der Waals surface area contributed by atoms with Crippen LogP contribution in [0.1, 0.15) is 32.6 Å². The van der Waals surface area contributed by atoms with Gasteiger partial charge in [-0.2, -0.15) is 0 Å². The molecule has 1 fully saturated rings. The van der Waals surface area contributed by atoms with Crippen molar-refractivity contribution in [2.75, 3.05) is 17.6 Å². The lowest BCUT2D eigenvalue weighted by atomic mass is 9.79. The van der Waals surface area contributed by atoms with Crippen molar-refractivity contribution in [1.82, 2.24) is 4.98 Å². The van der Waals surface area contributed by atoms with Gasteiger partial charge in [-0.05, 0) is 55.9 Å². The maximum Gasteiger partial charge on any atom is 0.0819 e. The first-order chi connectivity index (χ1) is 10.1. The average Bonchev–Trinajstić information content (AvgIpc) is 2.48. The molecule has 1 aromatic carbocycles. The van der Waals surface area contributed by atoms with E-state index in [2.05, 4.69) is 17.2 Å². The van der Waals surface area contributed by atoms with E-state index in [1.165, 1.54) is 0 Å². The van der Waals surface area contributed by atoms with Crippen LogP contribution in [0.4, 0.5) is 11.4 Å². The van der Waals surface area contributed by atoms with Crippen LogP contribution in [0.25, 0.3) is 10.9 Å². The Kier molecular flexibility index (Phi) is 3.72. The monoisotopic (exact) mass is 285 g/mol. The molecule has 112 valence electrons. The predicted molar refractivity (Wildman–Crippen MR) is 87.2 cm³/mol. The van der Waals surface area contributed by atoms with Gasteiger partial charge in [0.05, 0.1) is 11.1 Å². The largest absolute Gasteiger partial charge is 0.399 e. The molecule has 0 bridgehead atoms. The second kappa shape index (κ2) is 5.53. The van der Waals surface area contributed by atoms with Crippen LogP contribution in [0.5, 0.6) is 0 Å². The number of nitrogens with one attached hydrogen (secondary N) is 1. The molecular weight excluding hydrogens is 262 g/mol. The molecule has 0 aliphatic heterocycles. The number of hydrogen-bond donors (Lipinski definition) is 3. The van der Waals surface area contributed by atoms with Gasteiger partial charge in [0.25, 0.3) is 0 Å². The number of rotatable bonds is 3. The van der Waals surface area contributed by atoms with Crippen LogP contribution in [0.2, 0.25) is 0 Å². The first kappa shape index (κ1) is 14.1. The standard InChI is InChI=1S/C17H23N3O/c1-12-4-7-17(21,8-5-12)11-20-15-6-9-19-16-10-13(18)2-3-14(15)16/h2-3,6,9-10,12,21H,4-5,7-8,11,18H2,1H3,(H,19,20). The Morgan fingerprint density at radius 2 is 2.10 bits per heavy atom. The summed E-state index contributed by atoms with van der Waals surface area (Å²) in [6.45, 7) is 2.84. The number of aliphatic hydroxyl groups is 1. The van der Waals surface area contributed by atoms with E-state index < -0.39 is 5.60 Å². The van der Waals surface area contributed by atoms with Gasteiger partial charge in [0.2, 0.25) is 0 Å². The summed E-state index contributed by atoms with van der Waals surface area (Å²) in [5, 5.41) is 15.1. The molecule has 2 aromatic rings. The molecule has 1 saturated carbocycles. The third-order valence-corrected chi connectivity index (χ3v) is 4.58. The van der Waals surface area contributed by atoms with E-state index in [4.69, 9.17) is 5.73 Å². The quantitative estimate of drug-likeness (QED) is 0.757. The van der Waals surface area contributed by atoms with Gasteiger partial charge in [0.15, 0.2) is 0 Å². The molecule has 4 heteroatoms.